The van der Waals surface area contributed by atoms with Crippen LogP contribution in [-0.4, -0.2) is 36.3 Å². The molecule has 2 aromatic rings. The number of nitrogens with one attached hydrogen (secondary N) is 1. The molecular weight excluding hydrogens is 263 g/mol. The zero-order valence-electron chi connectivity index (χ0n) is 9.13. The highest BCUT2D eigenvalue weighted by Gasteiger charge is 2.17. The molecule has 0 spiro atoms. The number of halogens is 2. The van der Waals surface area contributed by atoms with E-state index in [4.69, 9.17) is 4.52 Å². The van der Waals surface area contributed by atoms with Gasteiger partial charge in [-0.1, -0.05) is 5.16 Å². The van der Waals surface area contributed by atoms with Gasteiger partial charge in [0.05, 0.1) is 5.39 Å². The summed E-state index contributed by atoms with van der Waals surface area (Å²) in [6.45, 7) is 3.93. The third kappa shape index (κ3) is 2.62. The van der Waals surface area contributed by atoms with Crippen molar-refractivity contribution in [3.63, 3.8) is 0 Å². The molecule has 3 heterocycles. The molecule has 1 N–H and O–H groups in total. The number of fused-ring (bicyclic) bond motifs is 1. The first kappa shape index (κ1) is 14.0. The molecule has 0 saturated carbocycles. The first-order valence-electron chi connectivity index (χ1n) is 5.10. The molecule has 0 bridgehead atoms. The summed E-state index contributed by atoms with van der Waals surface area (Å²) in [4.78, 5) is 6.32. The third-order valence-corrected chi connectivity index (χ3v) is 2.67. The second-order valence-electron chi connectivity index (χ2n) is 3.62. The van der Waals surface area contributed by atoms with E-state index in [0.717, 1.165) is 43.0 Å². The van der Waals surface area contributed by atoms with Gasteiger partial charge in [0.25, 0.3) is 0 Å². The van der Waals surface area contributed by atoms with E-state index in [-0.39, 0.29) is 24.8 Å². The fourth-order valence-corrected chi connectivity index (χ4v) is 1.88. The van der Waals surface area contributed by atoms with Crippen molar-refractivity contribution in [2.75, 3.05) is 31.1 Å². The van der Waals surface area contributed by atoms with E-state index in [9.17, 15) is 0 Å². The van der Waals surface area contributed by atoms with Gasteiger partial charge in [0.15, 0.2) is 11.4 Å². The van der Waals surface area contributed by atoms with Gasteiger partial charge < -0.3 is 14.7 Å². The Kier molecular flexibility index (Phi) is 4.99. The van der Waals surface area contributed by atoms with Gasteiger partial charge in [-0.25, -0.2) is 0 Å². The zero-order valence-corrected chi connectivity index (χ0v) is 10.8. The van der Waals surface area contributed by atoms with Crippen LogP contribution in [0, 0.1) is 0 Å². The van der Waals surface area contributed by atoms with E-state index in [1.54, 1.807) is 6.20 Å². The maximum Gasteiger partial charge on any atom is 0.181 e. The van der Waals surface area contributed by atoms with Crippen molar-refractivity contribution in [2.45, 2.75) is 0 Å². The molecule has 1 saturated heterocycles. The minimum Gasteiger partial charge on any atom is -0.354 e. The summed E-state index contributed by atoms with van der Waals surface area (Å²) in [5, 5.41) is 8.41. The predicted octanol–water partition coefficient (Wildman–Crippen LogP) is 1.48. The van der Waals surface area contributed by atoms with Gasteiger partial charge in [-0.05, 0) is 0 Å². The van der Waals surface area contributed by atoms with Gasteiger partial charge in [0.2, 0.25) is 0 Å². The number of aromatic nitrogens is 2. The fourth-order valence-electron chi connectivity index (χ4n) is 1.88. The van der Waals surface area contributed by atoms with Gasteiger partial charge in [0, 0.05) is 44.6 Å². The summed E-state index contributed by atoms with van der Waals surface area (Å²) in [6.07, 6.45) is 3.53. The molecule has 94 valence electrons. The summed E-state index contributed by atoms with van der Waals surface area (Å²) in [5.41, 5.74) is 0.804. The van der Waals surface area contributed by atoms with E-state index >= 15 is 0 Å². The van der Waals surface area contributed by atoms with Gasteiger partial charge in [-0.2, -0.15) is 0 Å². The van der Waals surface area contributed by atoms with Crippen LogP contribution in [0.5, 0.6) is 0 Å². The molecule has 2 aromatic heterocycles. The SMILES string of the molecule is Cl.Cl.c1cc2onc(N3CCNCC3)c2cn1. The molecule has 7 heteroatoms. The summed E-state index contributed by atoms with van der Waals surface area (Å²) in [7, 11) is 0. The van der Waals surface area contributed by atoms with Crippen molar-refractivity contribution in [1.29, 1.82) is 0 Å². The maximum absolute atomic E-state index is 5.25. The zero-order chi connectivity index (χ0) is 10.1. The predicted molar refractivity (Wildman–Crippen MR) is 71.4 cm³/mol. The number of piperazine rings is 1. The van der Waals surface area contributed by atoms with Crippen LogP contribution in [-0.2, 0) is 0 Å². The highest BCUT2D eigenvalue weighted by atomic mass is 35.5. The quantitative estimate of drug-likeness (QED) is 0.855. The van der Waals surface area contributed by atoms with Crippen molar-refractivity contribution < 1.29 is 4.52 Å². The van der Waals surface area contributed by atoms with Gasteiger partial charge >= 0.3 is 0 Å². The standard InChI is InChI=1S/C10H12N4O.2ClH/c1-2-12-7-8-9(1)15-13-10(8)14-5-3-11-4-6-14;;/h1-2,7,11H,3-6H2;2*1H. The Morgan fingerprint density at radius 2 is 2.00 bits per heavy atom. The summed E-state index contributed by atoms with van der Waals surface area (Å²) >= 11 is 0. The van der Waals surface area contributed by atoms with Crippen LogP contribution < -0.4 is 10.2 Å². The lowest BCUT2D eigenvalue weighted by Crippen LogP contribution is -2.43. The lowest BCUT2D eigenvalue weighted by atomic mass is 10.3. The monoisotopic (exact) mass is 276 g/mol. The van der Waals surface area contributed by atoms with Crippen LogP contribution in [0.2, 0.25) is 0 Å². The Labute approximate surface area is 111 Å². The number of rotatable bonds is 1. The number of anilines is 1. The second-order valence-corrected chi connectivity index (χ2v) is 3.62. The lowest BCUT2D eigenvalue weighted by Gasteiger charge is -2.26. The van der Waals surface area contributed by atoms with Crippen LogP contribution in [0.4, 0.5) is 5.82 Å². The Bertz CT molecular complexity index is 470. The van der Waals surface area contributed by atoms with Crippen LogP contribution in [0.15, 0.2) is 23.0 Å². The molecule has 0 aromatic carbocycles. The van der Waals surface area contributed by atoms with Crippen LogP contribution in [0.1, 0.15) is 0 Å². The van der Waals surface area contributed by atoms with Gasteiger partial charge in [0.1, 0.15) is 0 Å². The van der Waals surface area contributed by atoms with Gasteiger partial charge in [-0.3, -0.25) is 4.98 Å². The van der Waals surface area contributed by atoms with Crippen LogP contribution in [0.25, 0.3) is 11.0 Å². The Morgan fingerprint density at radius 3 is 2.76 bits per heavy atom. The summed E-state index contributed by atoms with van der Waals surface area (Å²) in [5.74, 6) is 0.916. The first-order valence-corrected chi connectivity index (χ1v) is 5.10. The van der Waals surface area contributed by atoms with Crippen LogP contribution in [0.3, 0.4) is 0 Å². The molecule has 0 atom stereocenters. The minimum absolute atomic E-state index is 0. The topological polar surface area (TPSA) is 54.2 Å². The van der Waals surface area contributed by atoms with E-state index < -0.39 is 0 Å². The van der Waals surface area contributed by atoms with E-state index in [2.05, 4.69) is 20.4 Å². The molecule has 0 unspecified atom stereocenters. The molecule has 1 aliphatic rings. The smallest absolute Gasteiger partial charge is 0.181 e. The molecule has 1 fully saturated rings. The van der Waals surface area contributed by atoms with Crippen molar-refractivity contribution in [3.8, 4) is 0 Å². The highest BCUT2D eigenvalue weighted by Crippen LogP contribution is 2.24. The van der Waals surface area contributed by atoms with Gasteiger partial charge in [-0.15, -0.1) is 24.8 Å². The third-order valence-electron chi connectivity index (χ3n) is 2.67. The summed E-state index contributed by atoms with van der Waals surface area (Å²) in [6, 6.07) is 1.84. The number of hydrogen-bond acceptors (Lipinski definition) is 5. The lowest BCUT2D eigenvalue weighted by molar-refractivity contribution is 0.451. The highest BCUT2D eigenvalue weighted by molar-refractivity contribution is 5.87. The number of nitrogens with zero attached hydrogens (tertiary/aromatic N) is 3. The normalized spacial score (nSPS) is 15.2. The van der Waals surface area contributed by atoms with E-state index in [0.29, 0.717) is 0 Å². The first-order chi connectivity index (χ1) is 7.45. The van der Waals surface area contributed by atoms with Crippen molar-refractivity contribution in [1.82, 2.24) is 15.5 Å². The molecule has 0 aliphatic carbocycles. The summed E-state index contributed by atoms with van der Waals surface area (Å²) < 4.78 is 5.25. The molecule has 3 rings (SSSR count). The molecule has 17 heavy (non-hydrogen) atoms. The Morgan fingerprint density at radius 1 is 1.24 bits per heavy atom. The average Bonchev–Trinajstić information content (AvgIpc) is 2.74. The largest absolute Gasteiger partial charge is 0.354 e. The Hall–Kier alpha value is -1.04. The average molecular weight is 277 g/mol. The van der Waals surface area contributed by atoms with E-state index in [1.165, 1.54) is 0 Å². The molecular formula is C10H14Cl2N4O. The molecule has 1 aliphatic heterocycles. The number of pyridine rings is 1. The Balaban J connectivity index is 0.000000722. The molecule has 5 nitrogen and oxygen atoms in total. The number of hydrogen-bond donors (Lipinski definition) is 1. The maximum atomic E-state index is 5.25. The minimum atomic E-state index is 0. The van der Waals surface area contributed by atoms with Crippen molar-refractivity contribution >= 4 is 41.6 Å². The second kappa shape index (κ2) is 6.05. The molecule has 0 amide bonds. The van der Waals surface area contributed by atoms with Crippen molar-refractivity contribution in [2.24, 2.45) is 0 Å². The van der Waals surface area contributed by atoms with E-state index in [1.807, 2.05) is 12.3 Å². The molecule has 0 radical (unpaired) electrons. The fraction of sp³-hybridized carbons (Fsp3) is 0.400. The van der Waals surface area contributed by atoms with Crippen molar-refractivity contribution in [3.05, 3.63) is 18.5 Å². The van der Waals surface area contributed by atoms with Crippen LogP contribution >= 0.6 is 24.8 Å².